The van der Waals surface area contributed by atoms with E-state index in [9.17, 15) is 18.0 Å². The van der Waals surface area contributed by atoms with Crippen molar-refractivity contribution in [1.29, 1.82) is 0 Å². The molecule has 128 valence electrons. The summed E-state index contributed by atoms with van der Waals surface area (Å²) in [7, 11) is 3.18. The van der Waals surface area contributed by atoms with Gasteiger partial charge < -0.3 is 15.0 Å². The Labute approximate surface area is 141 Å². The molecule has 0 aliphatic heterocycles. The number of benzene rings is 2. The third kappa shape index (κ3) is 4.55. The van der Waals surface area contributed by atoms with Crippen molar-refractivity contribution < 1.29 is 22.7 Å². The molecule has 0 unspecified atom stereocenters. The molecule has 24 heavy (non-hydrogen) atoms. The number of halogens is 4. The van der Waals surface area contributed by atoms with Crippen LogP contribution in [0.25, 0.3) is 0 Å². The third-order valence-electron chi connectivity index (χ3n) is 2.99. The number of amides is 2. The van der Waals surface area contributed by atoms with Gasteiger partial charge in [0.2, 0.25) is 0 Å². The molecule has 0 saturated heterocycles. The highest BCUT2D eigenvalue weighted by Gasteiger charge is 2.34. The highest BCUT2D eigenvalue weighted by Crippen LogP contribution is 2.39. The molecule has 2 rings (SSSR count). The zero-order valence-corrected chi connectivity index (χ0v) is 13.6. The zero-order valence-electron chi connectivity index (χ0n) is 12.8. The summed E-state index contributed by atoms with van der Waals surface area (Å²) in [4.78, 5) is 12.9. The topological polar surface area (TPSA) is 41.6 Å². The van der Waals surface area contributed by atoms with Gasteiger partial charge in [-0.1, -0.05) is 11.6 Å². The van der Waals surface area contributed by atoms with E-state index in [1.165, 1.54) is 35.2 Å². The second-order valence-electron chi connectivity index (χ2n) is 5.09. The number of ether oxygens (including phenoxy) is 1. The van der Waals surface area contributed by atoms with E-state index < -0.39 is 11.7 Å². The second kappa shape index (κ2) is 7.00. The molecule has 0 atom stereocenters. The highest BCUT2D eigenvalue weighted by atomic mass is 35.5. The van der Waals surface area contributed by atoms with Crippen LogP contribution in [0, 0.1) is 0 Å². The number of carbonyl (C=O) groups is 1. The van der Waals surface area contributed by atoms with Crippen LogP contribution in [0.5, 0.6) is 11.5 Å². The molecule has 0 aliphatic carbocycles. The van der Waals surface area contributed by atoms with Crippen molar-refractivity contribution in [3.63, 3.8) is 0 Å². The number of carbonyl (C=O) groups excluding carboxylic acids is 1. The molecule has 2 aromatic rings. The first-order chi connectivity index (χ1) is 11.2. The lowest BCUT2D eigenvalue weighted by Crippen LogP contribution is -2.27. The molecule has 8 heteroatoms. The van der Waals surface area contributed by atoms with E-state index in [-0.39, 0.29) is 22.6 Å². The van der Waals surface area contributed by atoms with Gasteiger partial charge in [-0.2, -0.15) is 13.2 Å². The van der Waals surface area contributed by atoms with Crippen LogP contribution >= 0.6 is 11.6 Å². The van der Waals surface area contributed by atoms with Crippen LogP contribution in [0.3, 0.4) is 0 Å². The standard InChI is InChI=1S/C16H14ClF3N2O2/c1-22(2)15(23)21-11-4-6-12(7-5-11)24-14-8-3-10(17)9-13(14)16(18,19)20/h3-9H,1-2H3,(H,21,23). The second-order valence-corrected chi connectivity index (χ2v) is 5.53. The minimum absolute atomic E-state index is 0.0311. The first-order valence-corrected chi connectivity index (χ1v) is 7.17. The molecule has 0 fully saturated rings. The number of hydrogen-bond donors (Lipinski definition) is 1. The fourth-order valence-corrected chi connectivity index (χ4v) is 1.95. The van der Waals surface area contributed by atoms with Gasteiger partial charge >= 0.3 is 12.2 Å². The summed E-state index contributed by atoms with van der Waals surface area (Å²) >= 11 is 5.62. The van der Waals surface area contributed by atoms with Crippen molar-refractivity contribution in [2.24, 2.45) is 0 Å². The lowest BCUT2D eigenvalue weighted by molar-refractivity contribution is -0.138. The Morgan fingerprint density at radius 2 is 1.75 bits per heavy atom. The molecule has 0 spiro atoms. The van der Waals surface area contributed by atoms with Gasteiger partial charge in [-0.25, -0.2) is 4.79 Å². The van der Waals surface area contributed by atoms with Crippen molar-refractivity contribution in [2.45, 2.75) is 6.18 Å². The van der Waals surface area contributed by atoms with Crippen LogP contribution in [-0.4, -0.2) is 25.0 Å². The van der Waals surface area contributed by atoms with Crippen molar-refractivity contribution in [1.82, 2.24) is 4.90 Å². The summed E-state index contributed by atoms with van der Waals surface area (Å²) in [5.74, 6) is -0.150. The number of nitrogens with one attached hydrogen (secondary N) is 1. The summed E-state index contributed by atoms with van der Waals surface area (Å²) in [6.07, 6.45) is -4.58. The molecule has 0 heterocycles. The number of alkyl halides is 3. The van der Waals surface area contributed by atoms with Gasteiger partial charge in [-0.05, 0) is 42.5 Å². The predicted octanol–water partition coefficient (Wildman–Crippen LogP) is 5.24. The van der Waals surface area contributed by atoms with Gasteiger partial charge in [-0.15, -0.1) is 0 Å². The van der Waals surface area contributed by atoms with E-state index in [0.717, 1.165) is 12.1 Å². The Morgan fingerprint density at radius 3 is 2.29 bits per heavy atom. The van der Waals surface area contributed by atoms with Gasteiger partial charge in [0.15, 0.2) is 0 Å². The van der Waals surface area contributed by atoms with Crippen molar-refractivity contribution in [2.75, 3.05) is 19.4 Å². The SMILES string of the molecule is CN(C)C(=O)Nc1ccc(Oc2ccc(Cl)cc2C(F)(F)F)cc1. The minimum Gasteiger partial charge on any atom is -0.457 e. The van der Waals surface area contributed by atoms with Gasteiger partial charge in [0, 0.05) is 24.8 Å². The number of urea groups is 1. The molecule has 1 N–H and O–H groups in total. The Balaban J connectivity index is 2.19. The summed E-state index contributed by atoms with van der Waals surface area (Å²) < 4.78 is 44.4. The fourth-order valence-electron chi connectivity index (χ4n) is 1.78. The monoisotopic (exact) mass is 358 g/mol. The highest BCUT2D eigenvalue weighted by molar-refractivity contribution is 6.30. The summed E-state index contributed by atoms with van der Waals surface area (Å²) in [5, 5.41) is 2.58. The zero-order chi connectivity index (χ0) is 17.9. The lowest BCUT2D eigenvalue weighted by atomic mass is 10.2. The van der Waals surface area contributed by atoms with E-state index in [1.807, 2.05) is 0 Å². The van der Waals surface area contributed by atoms with Crippen molar-refractivity contribution in [3.8, 4) is 11.5 Å². The van der Waals surface area contributed by atoms with E-state index in [2.05, 4.69) is 5.32 Å². The molecular formula is C16H14ClF3N2O2. The maximum absolute atomic E-state index is 13.0. The first-order valence-electron chi connectivity index (χ1n) is 6.80. The normalized spacial score (nSPS) is 11.1. The minimum atomic E-state index is -4.58. The molecule has 2 amide bonds. The number of anilines is 1. The van der Waals surface area contributed by atoms with Crippen LogP contribution in [0.4, 0.5) is 23.7 Å². The maximum Gasteiger partial charge on any atom is 0.420 e. The third-order valence-corrected chi connectivity index (χ3v) is 3.22. The molecule has 0 aliphatic rings. The Hall–Kier alpha value is -2.41. The predicted molar refractivity (Wildman–Crippen MR) is 85.7 cm³/mol. The largest absolute Gasteiger partial charge is 0.457 e. The van der Waals surface area contributed by atoms with Crippen LogP contribution < -0.4 is 10.1 Å². The summed E-state index contributed by atoms with van der Waals surface area (Å²) in [6.45, 7) is 0. The Morgan fingerprint density at radius 1 is 1.12 bits per heavy atom. The number of hydrogen-bond acceptors (Lipinski definition) is 2. The Kier molecular flexibility index (Phi) is 5.23. The molecule has 2 aromatic carbocycles. The van der Waals surface area contributed by atoms with E-state index in [0.29, 0.717) is 5.69 Å². The average molecular weight is 359 g/mol. The van der Waals surface area contributed by atoms with Crippen molar-refractivity contribution in [3.05, 3.63) is 53.1 Å². The molecule has 0 bridgehead atoms. The van der Waals surface area contributed by atoms with Crippen LogP contribution in [0.1, 0.15) is 5.56 Å². The average Bonchev–Trinajstić information content (AvgIpc) is 2.49. The molecule has 0 saturated carbocycles. The summed E-state index contributed by atoms with van der Waals surface area (Å²) in [5.41, 5.74) is -0.465. The molecule has 0 radical (unpaired) electrons. The molecule has 4 nitrogen and oxygen atoms in total. The van der Waals surface area contributed by atoms with E-state index in [1.54, 1.807) is 14.1 Å². The maximum atomic E-state index is 13.0. The summed E-state index contributed by atoms with van der Waals surface area (Å²) in [6, 6.07) is 8.94. The lowest BCUT2D eigenvalue weighted by Gasteiger charge is -2.15. The molecular weight excluding hydrogens is 345 g/mol. The molecule has 0 aromatic heterocycles. The van der Waals surface area contributed by atoms with Crippen molar-refractivity contribution >= 4 is 23.3 Å². The van der Waals surface area contributed by atoms with Crippen LogP contribution in [0.2, 0.25) is 5.02 Å². The van der Waals surface area contributed by atoms with Crippen LogP contribution in [-0.2, 0) is 6.18 Å². The number of nitrogens with zero attached hydrogens (tertiary/aromatic N) is 1. The van der Waals surface area contributed by atoms with Gasteiger partial charge in [0.25, 0.3) is 0 Å². The fraction of sp³-hybridized carbons (Fsp3) is 0.188. The smallest absolute Gasteiger partial charge is 0.420 e. The first kappa shape index (κ1) is 17.9. The quantitative estimate of drug-likeness (QED) is 0.814. The Bertz CT molecular complexity index is 731. The van der Waals surface area contributed by atoms with Crippen LogP contribution in [0.15, 0.2) is 42.5 Å². The number of rotatable bonds is 3. The van der Waals surface area contributed by atoms with E-state index in [4.69, 9.17) is 16.3 Å². The van der Waals surface area contributed by atoms with Gasteiger partial charge in [0.05, 0.1) is 5.56 Å². The van der Waals surface area contributed by atoms with Gasteiger partial charge in [-0.3, -0.25) is 0 Å². The van der Waals surface area contributed by atoms with E-state index >= 15 is 0 Å². The van der Waals surface area contributed by atoms with Gasteiger partial charge in [0.1, 0.15) is 11.5 Å².